The first-order chi connectivity index (χ1) is 9.38. The van der Waals surface area contributed by atoms with Crippen LogP contribution in [-0.4, -0.2) is 34.2 Å². The Labute approximate surface area is 116 Å². The fourth-order valence-corrected chi connectivity index (χ4v) is 2.00. The van der Waals surface area contributed by atoms with Crippen LogP contribution in [0.5, 0.6) is 0 Å². The topological polar surface area (TPSA) is 79.5 Å². The van der Waals surface area contributed by atoms with Gasteiger partial charge < -0.3 is 10.0 Å². The lowest BCUT2D eigenvalue weighted by atomic mass is 10.0. The zero-order valence-electron chi connectivity index (χ0n) is 11.7. The first kappa shape index (κ1) is 14.2. The van der Waals surface area contributed by atoms with E-state index in [4.69, 9.17) is 0 Å². The van der Waals surface area contributed by atoms with Gasteiger partial charge in [-0.3, -0.25) is 15.1 Å². The van der Waals surface area contributed by atoms with Crippen molar-refractivity contribution in [1.29, 1.82) is 0 Å². The fourth-order valence-electron chi connectivity index (χ4n) is 2.00. The van der Waals surface area contributed by atoms with E-state index in [1.807, 2.05) is 25.8 Å². The number of likely N-dealkylation sites (N-methyl/N-ethyl adjacent to an activating group) is 1. The summed E-state index contributed by atoms with van der Waals surface area (Å²) in [5.41, 5.74) is 0.864. The molecule has 2 rings (SSSR count). The maximum absolute atomic E-state index is 11.1. The zero-order valence-corrected chi connectivity index (χ0v) is 11.7. The van der Waals surface area contributed by atoms with E-state index in [1.165, 1.54) is 6.07 Å². The van der Waals surface area contributed by atoms with Crippen molar-refractivity contribution < 1.29 is 10.0 Å². The molecule has 0 bridgehead atoms. The molecule has 0 aliphatic heterocycles. The standard InChI is InChI=1S/C14H17N3O3/c1-14(2,9-18)16(3)12-7-6-11(17(19)20)10-5-4-8-15-13(10)12/h4-8,18H,9H2,1-3H3. The molecule has 6 heteroatoms. The second kappa shape index (κ2) is 5.05. The quantitative estimate of drug-likeness (QED) is 0.684. The Morgan fingerprint density at radius 1 is 1.40 bits per heavy atom. The van der Waals surface area contributed by atoms with Crippen LogP contribution < -0.4 is 4.90 Å². The molecule has 6 nitrogen and oxygen atoms in total. The molecule has 0 spiro atoms. The van der Waals surface area contributed by atoms with Gasteiger partial charge in [0.2, 0.25) is 0 Å². The molecular formula is C14H17N3O3. The average Bonchev–Trinajstić information content (AvgIpc) is 2.45. The highest BCUT2D eigenvalue weighted by molar-refractivity contribution is 5.97. The van der Waals surface area contributed by atoms with Crippen molar-refractivity contribution in [2.45, 2.75) is 19.4 Å². The second-order valence-electron chi connectivity index (χ2n) is 5.29. The number of rotatable bonds is 4. The van der Waals surface area contributed by atoms with E-state index in [9.17, 15) is 15.2 Å². The van der Waals surface area contributed by atoms with Crippen molar-refractivity contribution in [3.05, 3.63) is 40.6 Å². The Kier molecular flexibility index (Phi) is 3.59. The number of fused-ring (bicyclic) bond motifs is 1. The Bertz CT molecular complexity index is 655. The van der Waals surface area contributed by atoms with E-state index in [1.54, 1.807) is 24.4 Å². The molecule has 0 amide bonds. The molecule has 0 atom stereocenters. The highest BCUT2D eigenvalue weighted by Gasteiger charge is 2.26. The van der Waals surface area contributed by atoms with E-state index in [0.717, 1.165) is 5.69 Å². The summed E-state index contributed by atoms with van der Waals surface area (Å²) in [4.78, 5) is 16.8. The molecule has 106 valence electrons. The van der Waals surface area contributed by atoms with Gasteiger partial charge in [0.25, 0.3) is 5.69 Å². The summed E-state index contributed by atoms with van der Waals surface area (Å²) < 4.78 is 0. The van der Waals surface area contributed by atoms with Gasteiger partial charge in [-0.15, -0.1) is 0 Å². The third-order valence-corrected chi connectivity index (χ3v) is 3.58. The van der Waals surface area contributed by atoms with Crippen molar-refractivity contribution in [2.75, 3.05) is 18.6 Å². The Hall–Kier alpha value is -2.21. The van der Waals surface area contributed by atoms with Gasteiger partial charge in [-0.2, -0.15) is 0 Å². The lowest BCUT2D eigenvalue weighted by molar-refractivity contribution is -0.383. The predicted octanol–water partition coefficient (Wildman–Crippen LogP) is 2.35. The minimum atomic E-state index is -0.486. The molecule has 0 radical (unpaired) electrons. The highest BCUT2D eigenvalue weighted by atomic mass is 16.6. The van der Waals surface area contributed by atoms with Crippen LogP contribution in [-0.2, 0) is 0 Å². The summed E-state index contributed by atoms with van der Waals surface area (Å²) in [6, 6.07) is 6.51. The maximum atomic E-state index is 11.1. The lowest BCUT2D eigenvalue weighted by Gasteiger charge is -2.36. The van der Waals surface area contributed by atoms with Crippen LogP contribution in [0.1, 0.15) is 13.8 Å². The van der Waals surface area contributed by atoms with Gasteiger partial charge in [-0.25, -0.2) is 0 Å². The van der Waals surface area contributed by atoms with E-state index in [2.05, 4.69) is 4.98 Å². The summed E-state index contributed by atoms with van der Waals surface area (Å²) in [6.45, 7) is 3.75. The fraction of sp³-hybridized carbons (Fsp3) is 0.357. The van der Waals surface area contributed by atoms with Crippen LogP contribution >= 0.6 is 0 Å². The van der Waals surface area contributed by atoms with Gasteiger partial charge in [-0.05, 0) is 32.0 Å². The normalized spacial score (nSPS) is 11.6. The van der Waals surface area contributed by atoms with Crippen molar-refractivity contribution in [2.24, 2.45) is 0 Å². The van der Waals surface area contributed by atoms with E-state index in [0.29, 0.717) is 10.9 Å². The number of nitro groups is 1. The van der Waals surface area contributed by atoms with Crippen molar-refractivity contribution in [3.63, 3.8) is 0 Å². The Balaban J connectivity index is 2.68. The summed E-state index contributed by atoms with van der Waals surface area (Å²) in [6.07, 6.45) is 1.61. The number of nitro benzene ring substituents is 1. The number of nitrogens with zero attached hydrogens (tertiary/aromatic N) is 3. The minimum Gasteiger partial charge on any atom is -0.394 e. The smallest absolute Gasteiger partial charge is 0.278 e. The number of benzene rings is 1. The average molecular weight is 275 g/mol. The van der Waals surface area contributed by atoms with Crippen LogP contribution in [0.4, 0.5) is 11.4 Å². The molecule has 20 heavy (non-hydrogen) atoms. The number of non-ortho nitro benzene ring substituents is 1. The molecule has 0 unspecified atom stereocenters. The second-order valence-corrected chi connectivity index (χ2v) is 5.29. The van der Waals surface area contributed by atoms with Gasteiger partial charge in [0.1, 0.15) is 5.52 Å². The van der Waals surface area contributed by atoms with Gasteiger partial charge in [-0.1, -0.05) is 0 Å². The highest BCUT2D eigenvalue weighted by Crippen LogP contribution is 2.33. The van der Waals surface area contributed by atoms with Crippen LogP contribution in [0.25, 0.3) is 10.9 Å². The molecular weight excluding hydrogens is 258 g/mol. The molecule has 2 aromatic rings. The molecule has 0 aliphatic carbocycles. The molecule has 1 aromatic heterocycles. The van der Waals surface area contributed by atoms with Gasteiger partial charge in [0.05, 0.1) is 28.1 Å². The largest absolute Gasteiger partial charge is 0.394 e. The van der Waals surface area contributed by atoms with E-state index < -0.39 is 10.5 Å². The van der Waals surface area contributed by atoms with E-state index in [-0.39, 0.29) is 12.3 Å². The minimum absolute atomic E-state index is 0.0329. The summed E-state index contributed by atoms with van der Waals surface area (Å²) in [7, 11) is 1.84. The number of hydrogen-bond donors (Lipinski definition) is 1. The van der Waals surface area contributed by atoms with E-state index >= 15 is 0 Å². The number of anilines is 1. The predicted molar refractivity (Wildman–Crippen MR) is 78.0 cm³/mol. The molecule has 0 saturated carbocycles. The maximum Gasteiger partial charge on any atom is 0.278 e. The van der Waals surface area contributed by atoms with Gasteiger partial charge in [0.15, 0.2) is 0 Å². The molecule has 1 N–H and O–H groups in total. The lowest BCUT2D eigenvalue weighted by Crippen LogP contribution is -2.44. The molecule has 1 heterocycles. The summed E-state index contributed by atoms with van der Waals surface area (Å²) in [5.74, 6) is 0. The number of aliphatic hydroxyl groups is 1. The summed E-state index contributed by atoms with van der Waals surface area (Å²) in [5, 5.41) is 21.0. The Morgan fingerprint density at radius 3 is 2.70 bits per heavy atom. The van der Waals surface area contributed by atoms with Crippen molar-refractivity contribution in [3.8, 4) is 0 Å². The van der Waals surface area contributed by atoms with Crippen LogP contribution in [0.2, 0.25) is 0 Å². The molecule has 0 saturated heterocycles. The number of hydrogen-bond acceptors (Lipinski definition) is 5. The molecule has 1 aromatic carbocycles. The van der Waals surface area contributed by atoms with Crippen LogP contribution in [0.15, 0.2) is 30.5 Å². The number of aliphatic hydroxyl groups excluding tert-OH is 1. The zero-order chi connectivity index (χ0) is 14.9. The first-order valence-corrected chi connectivity index (χ1v) is 6.25. The Morgan fingerprint density at radius 2 is 2.10 bits per heavy atom. The van der Waals surface area contributed by atoms with Crippen molar-refractivity contribution in [1.82, 2.24) is 4.98 Å². The van der Waals surface area contributed by atoms with Gasteiger partial charge in [0, 0.05) is 19.3 Å². The van der Waals surface area contributed by atoms with Crippen LogP contribution in [0, 0.1) is 10.1 Å². The SMILES string of the molecule is CN(c1ccc([N+](=O)[O-])c2cccnc12)C(C)(C)CO. The number of pyridine rings is 1. The monoisotopic (exact) mass is 275 g/mol. The van der Waals surface area contributed by atoms with Crippen LogP contribution in [0.3, 0.4) is 0 Å². The van der Waals surface area contributed by atoms with Crippen molar-refractivity contribution >= 4 is 22.3 Å². The summed E-state index contributed by atoms with van der Waals surface area (Å²) >= 11 is 0. The molecule has 0 fully saturated rings. The number of aromatic nitrogens is 1. The first-order valence-electron chi connectivity index (χ1n) is 6.25. The molecule has 0 aliphatic rings. The third-order valence-electron chi connectivity index (χ3n) is 3.58. The third kappa shape index (κ3) is 2.30. The van der Waals surface area contributed by atoms with Gasteiger partial charge >= 0.3 is 0 Å².